The SMILES string of the molecule is COCCCNC(=NCc1nnc(C)n1C)NCc1oc2ccccc2c1C. The van der Waals surface area contributed by atoms with Crippen LogP contribution in [-0.4, -0.2) is 41.0 Å². The topological polar surface area (TPSA) is 89.5 Å². The van der Waals surface area contributed by atoms with Crippen LogP contribution >= 0.6 is 0 Å². The molecule has 0 unspecified atom stereocenters. The van der Waals surface area contributed by atoms with Crippen LogP contribution in [0.5, 0.6) is 0 Å². The Balaban J connectivity index is 1.69. The van der Waals surface area contributed by atoms with E-state index in [1.807, 2.05) is 36.7 Å². The van der Waals surface area contributed by atoms with Crippen molar-refractivity contribution in [1.82, 2.24) is 25.4 Å². The number of hydrogen-bond acceptors (Lipinski definition) is 5. The minimum atomic E-state index is 0.441. The van der Waals surface area contributed by atoms with E-state index in [1.54, 1.807) is 7.11 Å². The lowest BCUT2D eigenvalue weighted by atomic mass is 10.1. The Bertz CT molecular complexity index is 943. The molecule has 0 amide bonds. The van der Waals surface area contributed by atoms with Gasteiger partial charge in [0.2, 0.25) is 0 Å². The van der Waals surface area contributed by atoms with Gasteiger partial charge in [-0.1, -0.05) is 18.2 Å². The summed E-state index contributed by atoms with van der Waals surface area (Å²) in [5.74, 6) is 3.29. The van der Waals surface area contributed by atoms with Crippen LogP contribution in [-0.2, 0) is 24.9 Å². The number of benzene rings is 1. The first-order valence-corrected chi connectivity index (χ1v) is 9.43. The summed E-state index contributed by atoms with van der Waals surface area (Å²) in [6, 6.07) is 8.07. The fourth-order valence-corrected chi connectivity index (χ4v) is 2.89. The smallest absolute Gasteiger partial charge is 0.192 e. The molecule has 0 saturated carbocycles. The zero-order valence-electron chi connectivity index (χ0n) is 17.0. The first kappa shape index (κ1) is 19.9. The molecule has 3 rings (SSSR count). The fraction of sp³-hybridized carbons (Fsp3) is 0.450. The Labute approximate surface area is 165 Å². The van der Waals surface area contributed by atoms with Gasteiger partial charge in [0.05, 0.1) is 6.54 Å². The van der Waals surface area contributed by atoms with Crippen LogP contribution in [0.1, 0.15) is 29.4 Å². The van der Waals surface area contributed by atoms with E-state index >= 15 is 0 Å². The average Bonchev–Trinajstić information content (AvgIpc) is 3.20. The van der Waals surface area contributed by atoms with Crippen LogP contribution in [0.25, 0.3) is 11.0 Å². The number of nitrogens with one attached hydrogen (secondary N) is 2. The number of aromatic nitrogens is 3. The first-order valence-electron chi connectivity index (χ1n) is 9.43. The van der Waals surface area contributed by atoms with Crippen molar-refractivity contribution in [1.29, 1.82) is 0 Å². The van der Waals surface area contributed by atoms with E-state index in [2.05, 4.69) is 38.8 Å². The van der Waals surface area contributed by atoms with Gasteiger partial charge in [-0.15, -0.1) is 10.2 Å². The third-order valence-corrected chi connectivity index (χ3v) is 4.74. The molecular formula is C20H28N6O2. The molecule has 28 heavy (non-hydrogen) atoms. The zero-order chi connectivity index (χ0) is 19.9. The molecule has 0 radical (unpaired) electrons. The van der Waals surface area contributed by atoms with Gasteiger partial charge < -0.3 is 24.4 Å². The molecule has 0 bridgehead atoms. The van der Waals surface area contributed by atoms with Gasteiger partial charge >= 0.3 is 0 Å². The van der Waals surface area contributed by atoms with E-state index in [1.165, 1.54) is 0 Å². The molecule has 0 aliphatic heterocycles. The number of furan rings is 1. The van der Waals surface area contributed by atoms with Crippen molar-refractivity contribution >= 4 is 16.9 Å². The van der Waals surface area contributed by atoms with Gasteiger partial charge in [0.1, 0.15) is 23.7 Å². The summed E-state index contributed by atoms with van der Waals surface area (Å²) in [7, 11) is 3.64. The standard InChI is InChI=1S/C20H28N6O2/c1-14-16-8-5-6-9-17(16)28-18(14)12-22-20(21-10-7-11-27-4)23-13-19-25-24-15(2)26(19)3/h5-6,8-9H,7,10-13H2,1-4H3,(H2,21,22,23). The minimum absolute atomic E-state index is 0.441. The number of rotatable bonds is 8. The zero-order valence-corrected chi connectivity index (χ0v) is 17.0. The number of aryl methyl sites for hydroxylation is 2. The molecule has 1 aromatic carbocycles. The second kappa shape index (κ2) is 9.36. The highest BCUT2D eigenvalue weighted by atomic mass is 16.5. The maximum absolute atomic E-state index is 5.99. The second-order valence-corrected chi connectivity index (χ2v) is 6.66. The number of hydrogen-bond donors (Lipinski definition) is 2. The monoisotopic (exact) mass is 384 g/mol. The average molecular weight is 384 g/mol. The van der Waals surface area contributed by atoms with Crippen molar-refractivity contribution in [3.05, 3.63) is 47.2 Å². The van der Waals surface area contributed by atoms with Crippen LogP contribution < -0.4 is 10.6 Å². The molecule has 2 N–H and O–H groups in total. The van der Waals surface area contributed by atoms with Crippen molar-refractivity contribution in [3.63, 3.8) is 0 Å². The maximum Gasteiger partial charge on any atom is 0.192 e. The van der Waals surface area contributed by atoms with Gasteiger partial charge in [-0.25, -0.2) is 4.99 Å². The molecule has 0 fully saturated rings. The molecule has 2 heterocycles. The van der Waals surface area contributed by atoms with E-state index in [-0.39, 0.29) is 0 Å². The number of methoxy groups -OCH3 is 1. The predicted octanol–water partition coefficient (Wildman–Crippen LogP) is 2.45. The van der Waals surface area contributed by atoms with E-state index in [9.17, 15) is 0 Å². The molecule has 8 heteroatoms. The normalized spacial score (nSPS) is 11.9. The quantitative estimate of drug-likeness (QED) is 0.352. The molecule has 0 spiro atoms. The van der Waals surface area contributed by atoms with Crippen LogP contribution in [0.4, 0.5) is 0 Å². The molecule has 150 valence electrons. The number of aliphatic imine (C=N–C) groups is 1. The summed E-state index contributed by atoms with van der Waals surface area (Å²) in [5.41, 5.74) is 2.05. The lowest BCUT2D eigenvalue weighted by Crippen LogP contribution is -2.38. The van der Waals surface area contributed by atoms with E-state index in [0.717, 1.165) is 46.9 Å². The fourth-order valence-electron chi connectivity index (χ4n) is 2.89. The number of fused-ring (bicyclic) bond motifs is 1. The number of guanidine groups is 1. The van der Waals surface area contributed by atoms with Gasteiger partial charge in [-0.2, -0.15) is 0 Å². The molecule has 3 aromatic rings. The van der Waals surface area contributed by atoms with E-state index < -0.39 is 0 Å². The van der Waals surface area contributed by atoms with Crippen LogP contribution in [0.2, 0.25) is 0 Å². The number of ether oxygens (including phenoxy) is 1. The summed E-state index contributed by atoms with van der Waals surface area (Å²) >= 11 is 0. The van der Waals surface area contributed by atoms with Crippen molar-refractivity contribution in [2.45, 2.75) is 33.4 Å². The Hall–Kier alpha value is -2.87. The molecule has 0 saturated heterocycles. The highest BCUT2D eigenvalue weighted by molar-refractivity contribution is 5.83. The van der Waals surface area contributed by atoms with E-state index in [0.29, 0.717) is 25.7 Å². The molecule has 0 atom stereocenters. The molecule has 8 nitrogen and oxygen atoms in total. The van der Waals surface area contributed by atoms with Gasteiger partial charge in [-0.05, 0) is 26.3 Å². The molecular weight excluding hydrogens is 356 g/mol. The Kier molecular flexibility index (Phi) is 6.65. The summed E-state index contributed by atoms with van der Waals surface area (Å²) in [5, 5.41) is 16.1. The highest BCUT2D eigenvalue weighted by Crippen LogP contribution is 2.24. The highest BCUT2D eigenvalue weighted by Gasteiger charge is 2.11. The van der Waals surface area contributed by atoms with Gasteiger partial charge in [-0.3, -0.25) is 0 Å². The Morgan fingerprint density at radius 2 is 2.04 bits per heavy atom. The predicted molar refractivity (Wildman–Crippen MR) is 109 cm³/mol. The van der Waals surface area contributed by atoms with E-state index in [4.69, 9.17) is 9.15 Å². The van der Waals surface area contributed by atoms with Crippen molar-refractivity contribution in [2.75, 3.05) is 20.3 Å². The largest absolute Gasteiger partial charge is 0.459 e. The summed E-state index contributed by atoms with van der Waals surface area (Å²) < 4.78 is 13.0. The minimum Gasteiger partial charge on any atom is -0.459 e. The molecule has 0 aliphatic carbocycles. The van der Waals surface area contributed by atoms with Crippen molar-refractivity contribution < 1.29 is 9.15 Å². The third kappa shape index (κ3) is 4.69. The van der Waals surface area contributed by atoms with Gasteiger partial charge in [0.15, 0.2) is 11.8 Å². The van der Waals surface area contributed by atoms with Gasteiger partial charge in [0, 0.05) is 38.3 Å². The summed E-state index contributed by atoms with van der Waals surface area (Å²) in [6.45, 7) is 6.45. The second-order valence-electron chi connectivity index (χ2n) is 6.66. The van der Waals surface area contributed by atoms with Crippen molar-refractivity contribution in [2.24, 2.45) is 12.0 Å². The van der Waals surface area contributed by atoms with Gasteiger partial charge in [0.25, 0.3) is 0 Å². The third-order valence-electron chi connectivity index (χ3n) is 4.74. The lowest BCUT2D eigenvalue weighted by molar-refractivity contribution is 0.195. The summed E-state index contributed by atoms with van der Waals surface area (Å²) in [6.07, 6.45) is 0.893. The van der Waals surface area contributed by atoms with Crippen LogP contribution in [0, 0.1) is 13.8 Å². The molecule has 2 aromatic heterocycles. The van der Waals surface area contributed by atoms with Crippen LogP contribution in [0.15, 0.2) is 33.7 Å². The lowest BCUT2D eigenvalue weighted by Gasteiger charge is -2.12. The Morgan fingerprint density at radius 3 is 2.75 bits per heavy atom. The van der Waals surface area contributed by atoms with Crippen molar-refractivity contribution in [3.8, 4) is 0 Å². The Morgan fingerprint density at radius 1 is 1.21 bits per heavy atom. The number of nitrogens with zero attached hydrogens (tertiary/aromatic N) is 4. The summed E-state index contributed by atoms with van der Waals surface area (Å²) in [4.78, 5) is 4.65. The maximum atomic E-state index is 5.99. The first-order chi connectivity index (χ1) is 13.6. The van der Waals surface area contributed by atoms with Crippen LogP contribution in [0.3, 0.4) is 0 Å². The molecule has 0 aliphatic rings. The number of para-hydroxylation sites is 1.